The first-order valence-electron chi connectivity index (χ1n) is 10.3. The quantitative estimate of drug-likeness (QED) is 0.466. The van der Waals surface area contributed by atoms with E-state index in [4.69, 9.17) is 14.2 Å². The molecule has 0 aliphatic carbocycles. The van der Waals surface area contributed by atoms with E-state index in [-0.39, 0.29) is 18.1 Å². The summed E-state index contributed by atoms with van der Waals surface area (Å²) in [5, 5.41) is 2.42. The van der Waals surface area contributed by atoms with Crippen LogP contribution in [0.1, 0.15) is 30.8 Å². The van der Waals surface area contributed by atoms with Crippen LogP contribution in [0, 0.1) is 0 Å². The number of carbonyl (C=O) groups excluding carboxylic acids is 1. The van der Waals surface area contributed by atoms with Crippen molar-refractivity contribution in [1.29, 1.82) is 0 Å². The summed E-state index contributed by atoms with van der Waals surface area (Å²) in [6.45, 7) is 4.41. The first-order valence-corrected chi connectivity index (χ1v) is 10.3. The number of hydrogen-bond donors (Lipinski definition) is 2. The minimum atomic E-state index is -1.30. The zero-order valence-electron chi connectivity index (χ0n) is 18.0. The Hall–Kier alpha value is -3.56. The summed E-state index contributed by atoms with van der Waals surface area (Å²) in [4.78, 5) is 35.8. The van der Waals surface area contributed by atoms with E-state index in [0.717, 1.165) is 11.1 Å². The number of hydrogen-bond acceptors (Lipinski definition) is 7. The van der Waals surface area contributed by atoms with E-state index in [1.165, 1.54) is 6.20 Å². The van der Waals surface area contributed by atoms with Crippen molar-refractivity contribution in [2.24, 2.45) is 0 Å². The molecule has 9 nitrogen and oxygen atoms in total. The first-order chi connectivity index (χ1) is 15.6. The van der Waals surface area contributed by atoms with Gasteiger partial charge in [0.05, 0.1) is 6.20 Å². The number of amides is 1. The molecule has 0 saturated carbocycles. The molecule has 0 bridgehead atoms. The highest BCUT2D eigenvalue weighted by atomic mass is 16.7. The molecule has 32 heavy (non-hydrogen) atoms. The van der Waals surface area contributed by atoms with E-state index in [1.807, 2.05) is 56.3 Å². The number of H-pyrrole nitrogens is 1. The van der Waals surface area contributed by atoms with Gasteiger partial charge in [0.15, 0.2) is 5.82 Å². The molecule has 0 unspecified atom stereocenters. The van der Waals surface area contributed by atoms with Crippen LogP contribution in [-0.4, -0.2) is 34.3 Å². The zero-order valence-corrected chi connectivity index (χ0v) is 18.0. The van der Waals surface area contributed by atoms with Gasteiger partial charge >= 0.3 is 6.09 Å². The number of ether oxygens (including phenoxy) is 3. The standard InChI is InChI=1S/C23H26N4O5/c1-3-31-23(32-4-2,14-17-10-12-24-13-11-17)21-25-15-19(20(28)27-21)26-22(29)30-16-18-8-6-5-7-9-18/h5-13,15H,3-4,14,16H2,1-2H3,(H,26,29)(H,25,27,28). The average molecular weight is 438 g/mol. The van der Waals surface area contributed by atoms with Crippen LogP contribution in [0.5, 0.6) is 0 Å². The van der Waals surface area contributed by atoms with E-state index >= 15 is 0 Å². The summed E-state index contributed by atoms with van der Waals surface area (Å²) >= 11 is 0. The molecule has 2 heterocycles. The normalized spacial score (nSPS) is 11.2. The number of anilines is 1. The van der Waals surface area contributed by atoms with Crippen LogP contribution in [0.2, 0.25) is 0 Å². The number of nitrogens with zero attached hydrogens (tertiary/aromatic N) is 2. The van der Waals surface area contributed by atoms with Crippen LogP contribution in [0.3, 0.4) is 0 Å². The maximum Gasteiger partial charge on any atom is 0.412 e. The van der Waals surface area contributed by atoms with Crippen molar-refractivity contribution >= 4 is 11.8 Å². The maximum atomic E-state index is 12.7. The molecule has 9 heteroatoms. The number of benzene rings is 1. The van der Waals surface area contributed by atoms with Gasteiger partial charge in [0.2, 0.25) is 5.79 Å². The van der Waals surface area contributed by atoms with Gasteiger partial charge in [-0.25, -0.2) is 9.78 Å². The number of rotatable bonds is 10. The predicted molar refractivity (Wildman–Crippen MR) is 118 cm³/mol. The van der Waals surface area contributed by atoms with Gasteiger partial charge in [-0.05, 0) is 37.1 Å². The van der Waals surface area contributed by atoms with Gasteiger partial charge in [0, 0.05) is 32.0 Å². The molecule has 168 valence electrons. The molecule has 0 atom stereocenters. The Morgan fingerprint density at radius 3 is 2.34 bits per heavy atom. The Morgan fingerprint density at radius 2 is 1.72 bits per heavy atom. The average Bonchev–Trinajstić information content (AvgIpc) is 2.80. The van der Waals surface area contributed by atoms with Crippen LogP contribution in [0.25, 0.3) is 0 Å². The van der Waals surface area contributed by atoms with E-state index < -0.39 is 17.4 Å². The van der Waals surface area contributed by atoms with Crippen LogP contribution in [-0.2, 0) is 33.0 Å². The summed E-state index contributed by atoms with van der Waals surface area (Å²) in [7, 11) is 0. The molecule has 2 aromatic heterocycles. The molecule has 2 N–H and O–H groups in total. The third kappa shape index (κ3) is 5.99. The molecule has 0 spiro atoms. The molecule has 3 rings (SSSR count). The second kappa shape index (κ2) is 11.2. The molecule has 0 aliphatic rings. The summed E-state index contributed by atoms with van der Waals surface area (Å²) in [5.74, 6) is -1.10. The van der Waals surface area contributed by atoms with Crippen molar-refractivity contribution in [3.05, 3.63) is 88.4 Å². The van der Waals surface area contributed by atoms with Crippen LogP contribution >= 0.6 is 0 Å². The fourth-order valence-electron chi connectivity index (χ4n) is 3.15. The van der Waals surface area contributed by atoms with Crippen LogP contribution in [0.4, 0.5) is 10.5 Å². The molecule has 3 aromatic rings. The van der Waals surface area contributed by atoms with Gasteiger partial charge in [0.1, 0.15) is 12.3 Å². The third-order valence-corrected chi connectivity index (χ3v) is 4.55. The lowest BCUT2D eigenvalue weighted by molar-refractivity contribution is -0.247. The second-order valence-corrected chi connectivity index (χ2v) is 6.81. The monoisotopic (exact) mass is 438 g/mol. The van der Waals surface area contributed by atoms with Crippen molar-refractivity contribution in [2.75, 3.05) is 18.5 Å². The summed E-state index contributed by atoms with van der Waals surface area (Å²) in [6, 6.07) is 12.9. The lowest BCUT2D eigenvalue weighted by Crippen LogP contribution is -2.39. The van der Waals surface area contributed by atoms with Crippen molar-refractivity contribution in [1.82, 2.24) is 15.0 Å². The van der Waals surface area contributed by atoms with Crippen molar-refractivity contribution in [3.63, 3.8) is 0 Å². The van der Waals surface area contributed by atoms with E-state index in [9.17, 15) is 9.59 Å². The molecular formula is C23H26N4O5. The number of carbonyl (C=O) groups is 1. The number of pyridine rings is 1. The molecule has 1 amide bonds. The largest absolute Gasteiger partial charge is 0.444 e. The Bertz CT molecular complexity index is 1050. The SMILES string of the molecule is CCOC(Cc1ccncc1)(OCC)c1ncc(NC(=O)OCc2ccccc2)c(=O)[nH]1. The van der Waals surface area contributed by atoms with Gasteiger partial charge in [-0.15, -0.1) is 0 Å². The maximum absolute atomic E-state index is 12.7. The van der Waals surface area contributed by atoms with E-state index in [0.29, 0.717) is 19.6 Å². The molecule has 0 fully saturated rings. The first kappa shape index (κ1) is 23.1. The smallest absolute Gasteiger partial charge is 0.412 e. The van der Waals surface area contributed by atoms with Gasteiger partial charge in [0.25, 0.3) is 5.56 Å². The molecular weight excluding hydrogens is 412 g/mol. The van der Waals surface area contributed by atoms with Gasteiger partial charge < -0.3 is 19.2 Å². The van der Waals surface area contributed by atoms with Crippen LogP contribution in [0.15, 0.2) is 65.8 Å². The van der Waals surface area contributed by atoms with Crippen LogP contribution < -0.4 is 10.9 Å². The minimum Gasteiger partial charge on any atom is -0.444 e. The number of aromatic nitrogens is 3. The van der Waals surface area contributed by atoms with Crippen molar-refractivity contribution in [3.8, 4) is 0 Å². The number of aromatic amines is 1. The topological polar surface area (TPSA) is 115 Å². The lowest BCUT2D eigenvalue weighted by atomic mass is 10.0. The summed E-state index contributed by atoms with van der Waals surface area (Å²) < 4.78 is 17.0. The zero-order chi connectivity index (χ0) is 22.8. The highest BCUT2D eigenvalue weighted by molar-refractivity contribution is 5.83. The predicted octanol–water partition coefficient (Wildman–Crippen LogP) is 3.38. The minimum absolute atomic E-state index is 0.0439. The van der Waals surface area contributed by atoms with E-state index in [2.05, 4.69) is 20.3 Å². The van der Waals surface area contributed by atoms with Gasteiger partial charge in [-0.2, -0.15) is 0 Å². The van der Waals surface area contributed by atoms with Gasteiger partial charge in [-0.3, -0.25) is 15.1 Å². The molecule has 0 aliphatic heterocycles. The van der Waals surface area contributed by atoms with Crippen molar-refractivity contribution in [2.45, 2.75) is 32.7 Å². The fourth-order valence-corrected chi connectivity index (χ4v) is 3.15. The summed E-state index contributed by atoms with van der Waals surface area (Å²) in [5.41, 5.74) is 1.14. The second-order valence-electron chi connectivity index (χ2n) is 6.81. The lowest BCUT2D eigenvalue weighted by Gasteiger charge is -2.32. The molecule has 0 saturated heterocycles. The Morgan fingerprint density at radius 1 is 1.03 bits per heavy atom. The Balaban J connectivity index is 1.78. The Labute approximate surface area is 185 Å². The summed E-state index contributed by atoms with van der Waals surface area (Å²) in [6.07, 6.45) is 4.15. The fraction of sp³-hybridized carbons (Fsp3) is 0.304. The van der Waals surface area contributed by atoms with Gasteiger partial charge in [-0.1, -0.05) is 30.3 Å². The molecule has 0 radical (unpaired) electrons. The highest BCUT2D eigenvalue weighted by Crippen LogP contribution is 2.29. The third-order valence-electron chi connectivity index (χ3n) is 4.55. The number of nitrogens with one attached hydrogen (secondary N) is 2. The van der Waals surface area contributed by atoms with Crippen molar-refractivity contribution < 1.29 is 19.0 Å². The van der Waals surface area contributed by atoms with E-state index in [1.54, 1.807) is 12.4 Å². The highest BCUT2D eigenvalue weighted by Gasteiger charge is 2.37. The Kier molecular flexibility index (Phi) is 8.07. The molecule has 1 aromatic carbocycles.